The Balaban J connectivity index is 1.87. The number of aromatic nitrogens is 1. The van der Waals surface area contributed by atoms with E-state index in [0.29, 0.717) is 22.3 Å². The van der Waals surface area contributed by atoms with Gasteiger partial charge in [0.05, 0.1) is 11.6 Å². The molecule has 0 saturated heterocycles. The maximum Gasteiger partial charge on any atom is 0.319 e. The number of rotatable bonds is 7. The molecule has 0 radical (unpaired) electrons. The number of aromatic hydroxyl groups is 1. The summed E-state index contributed by atoms with van der Waals surface area (Å²) in [5.74, 6) is -2.32. The number of aryl methyl sites for hydroxylation is 2. The van der Waals surface area contributed by atoms with Crippen LogP contribution in [0.15, 0.2) is 53.5 Å². The van der Waals surface area contributed by atoms with Gasteiger partial charge in [-0.15, -0.1) is 0 Å². The highest BCUT2D eigenvalue weighted by Gasteiger charge is 2.27. The minimum Gasteiger partial charge on any atom is -0.505 e. The van der Waals surface area contributed by atoms with Crippen molar-refractivity contribution in [3.05, 3.63) is 81.0 Å². The van der Waals surface area contributed by atoms with Crippen LogP contribution >= 0.6 is 11.6 Å². The molecule has 8 nitrogen and oxygen atoms in total. The Kier molecular flexibility index (Phi) is 8.14. The van der Waals surface area contributed by atoms with E-state index in [9.17, 15) is 23.9 Å². The number of ether oxygens (including phenoxy) is 1. The van der Waals surface area contributed by atoms with Crippen LogP contribution < -0.4 is 16.2 Å². The molecular weight excluding hydrogens is 477 g/mol. The molecule has 1 heterocycles. The van der Waals surface area contributed by atoms with Crippen LogP contribution in [0.2, 0.25) is 5.02 Å². The summed E-state index contributed by atoms with van der Waals surface area (Å²) in [5.41, 5.74) is 1.15. The van der Waals surface area contributed by atoms with Gasteiger partial charge in [0.1, 0.15) is 17.5 Å². The zero-order valence-electron chi connectivity index (χ0n) is 19.4. The second-order valence-corrected chi connectivity index (χ2v) is 8.19. The van der Waals surface area contributed by atoms with Gasteiger partial charge >= 0.3 is 12.0 Å². The summed E-state index contributed by atoms with van der Waals surface area (Å²) in [6.45, 7) is 3.15. The topological polar surface area (TPSA) is 110 Å². The van der Waals surface area contributed by atoms with Crippen LogP contribution in [-0.4, -0.2) is 34.8 Å². The first-order valence-electron chi connectivity index (χ1n) is 10.8. The summed E-state index contributed by atoms with van der Waals surface area (Å²) in [4.78, 5) is 37.6. The number of hydrogen-bond donors (Lipinski definition) is 3. The molecule has 184 valence electrons. The molecule has 0 saturated carbocycles. The van der Waals surface area contributed by atoms with E-state index >= 15 is 0 Å². The second kappa shape index (κ2) is 11.1. The van der Waals surface area contributed by atoms with Gasteiger partial charge in [-0.1, -0.05) is 41.9 Å². The second-order valence-electron chi connectivity index (χ2n) is 7.81. The minimum absolute atomic E-state index is 0.115. The first-order valence-corrected chi connectivity index (χ1v) is 11.2. The summed E-state index contributed by atoms with van der Waals surface area (Å²) < 4.78 is 19.8. The molecule has 3 aromatic rings. The van der Waals surface area contributed by atoms with Gasteiger partial charge in [0.2, 0.25) is 0 Å². The third-order valence-electron chi connectivity index (χ3n) is 5.37. The van der Waals surface area contributed by atoms with Crippen molar-refractivity contribution in [2.75, 3.05) is 18.5 Å². The fourth-order valence-corrected chi connectivity index (χ4v) is 3.95. The first kappa shape index (κ1) is 25.8. The molecule has 1 unspecified atom stereocenters. The Labute approximate surface area is 206 Å². The summed E-state index contributed by atoms with van der Waals surface area (Å²) in [6.07, 6.45) is 1.44. The zero-order valence-corrected chi connectivity index (χ0v) is 20.1. The minimum atomic E-state index is -0.970. The molecule has 1 atom stereocenters. The van der Waals surface area contributed by atoms with Crippen LogP contribution in [-0.2, 0) is 16.6 Å². The molecule has 0 aliphatic heterocycles. The van der Waals surface area contributed by atoms with Crippen molar-refractivity contribution in [3.8, 4) is 16.9 Å². The molecule has 2 amide bonds. The molecule has 0 aliphatic carbocycles. The van der Waals surface area contributed by atoms with E-state index in [1.54, 1.807) is 44.2 Å². The van der Waals surface area contributed by atoms with Crippen LogP contribution in [0.4, 0.5) is 14.9 Å². The van der Waals surface area contributed by atoms with Crippen molar-refractivity contribution in [1.82, 2.24) is 9.88 Å². The van der Waals surface area contributed by atoms with Crippen molar-refractivity contribution in [1.29, 1.82) is 0 Å². The normalized spacial score (nSPS) is 11.6. The van der Waals surface area contributed by atoms with Gasteiger partial charge < -0.3 is 25.0 Å². The SMILES string of the molecule is CCOC(=O)C(CNC(=O)Nc1c(O)c(C)cn(C)c1=O)c1cccc(-c2ccc(F)cc2)c1Cl. The number of nitrogens with zero attached hydrogens (tertiary/aromatic N) is 1. The largest absolute Gasteiger partial charge is 0.505 e. The van der Waals surface area contributed by atoms with E-state index in [-0.39, 0.29) is 29.6 Å². The van der Waals surface area contributed by atoms with Crippen molar-refractivity contribution in [3.63, 3.8) is 0 Å². The van der Waals surface area contributed by atoms with Crippen LogP contribution in [0.25, 0.3) is 11.1 Å². The van der Waals surface area contributed by atoms with Gasteiger partial charge in [0.25, 0.3) is 5.56 Å². The number of urea groups is 1. The number of pyridine rings is 1. The highest BCUT2D eigenvalue weighted by Crippen LogP contribution is 2.35. The van der Waals surface area contributed by atoms with Gasteiger partial charge in [-0.3, -0.25) is 9.59 Å². The Morgan fingerprint density at radius 3 is 2.54 bits per heavy atom. The van der Waals surface area contributed by atoms with Crippen LogP contribution in [0.5, 0.6) is 5.75 Å². The molecule has 1 aromatic heterocycles. The fraction of sp³-hybridized carbons (Fsp3) is 0.240. The Morgan fingerprint density at radius 1 is 1.20 bits per heavy atom. The Morgan fingerprint density at radius 2 is 1.89 bits per heavy atom. The lowest BCUT2D eigenvalue weighted by Gasteiger charge is -2.20. The van der Waals surface area contributed by atoms with E-state index in [1.165, 1.54) is 29.9 Å². The molecule has 35 heavy (non-hydrogen) atoms. The number of hydrogen-bond acceptors (Lipinski definition) is 5. The lowest BCUT2D eigenvalue weighted by Crippen LogP contribution is -2.37. The van der Waals surface area contributed by atoms with Crippen molar-refractivity contribution < 1.29 is 23.8 Å². The predicted molar refractivity (Wildman–Crippen MR) is 131 cm³/mol. The van der Waals surface area contributed by atoms with E-state index in [4.69, 9.17) is 16.3 Å². The lowest BCUT2D eigenvalue weighted by molar-refractivity contribution is -0.144. The molecule has 0 fully saturated rings. The van der Waals surface area contributed by atoms with Gasteiger partial charge in [0, 0.05) is 30.9 Å². The van der Waals surface area contributed by atoms with Crippen LogP contribution in [0.1, 0.15) is 24.0 Å². The highest BCUT2D eigenvalue weighted by atomic mass is 35.5. The first-order chi connectivity index (χ1) is 16.6. The predicted octanol–water partition coefficient (Wildman–Crippen LogP) is 4.33. The Hall–Kier alpha value is -3.85. The number of nitrogens with one attached hydrogen (secondary N) is 2. The maximum absolute atomic E-state index is 13.4. The zero-order chi connectivity index (χ0) is 25.7. The summed E-state index contributed by atoms with van der Waals surface area (Å²) in [5, 5.41) is 15.3. The lowest BCUT2D eigenvalue weighted by atomic mass is 9.94. The number of anilines is 1. The van der Waals surface area contributed by atoms with E-state index in [0.717, 1.165) is 0 Å². The number of carbonyl (C=O) groups is 2. The number of halogens is 2. The quantitative estimate of drug-likeness (QED) is 0.417. The highest BCUT2D eigenvalue weighted by molar-refractivity contribution is 6.34. The van der Waals surface area contributed by atoms with Crippen LogP contribution in [0, 0.1) is 12.7 Å². The molecule has 0 spiro atoms. The van der Waals surface area contributed by atoms with Crippen molar-refractivity contribution in [2.24, 2.45) is 7.05 Å². The number of carbonyl (C=O) groups excluding carboxylic acids is 2. The molecule has 2 aromatic carbocycles. The van der Waals surface area contributed by atoms with E-state index < -0.39 is 29.3 Å². The van der Waals surface area contributed by atoms with E-state index in [1.807, 2.05) is 0 Å². The number of benzene rings is 2. The van der Waals surface area contributed by atoms with Gasteiger partial charge in [0.15, 0.2) is 5.69 Å². The third kappa shape index (κ3) is 5.81. The fourth-order valence-electron chi connectivity index (χ4n) is 3.58. The summed E-state index contributed by atoms with van der Waals surface area (Å²) in [7, 11) is 1.49. The smallest absolute Gasteiger partial charge is 0.319 e. The Bertz CT molecular complexity index is 1310. The van der Waals surface area contributed by atoms with Gasteiger partial charge in [-0.05, 0) is 37.1 Å². The monoisotopic (exact) mass is 501 g/mol. The number of amides is 2. The average Bonchev–Trinajstić information content (AvgIpc) is 2.82. The summed E-state index contributed by atoms with van der Waals surface area (Å²) >= 11 is 6.64. The number of esters is 1. The molecular formula is C25H25ClFN3O5. The summed E-state index contributed by atoms with van der Waals surface area (Å²) in [6, 6.07) is 10.0. The molecule has 0 aliphatic rings. The van der Waals surface area contributed by atoms with E-state index in [2.05, 4.69) is 10.6 Å². The molecule has 3 N–H and O–H groups in total. The average molecular weight is 502 g/mol. The molecule has 10 heteroatoms. The maximum atomic E-state index is 13.4. The van der Waals surface area contributed by atoms with Gasteiger partial charge in [-0.2, -0.15) is 0 Å². The molecule has 3 rings (SSSR count). The van der Waals surface area contributed by atoms with Crippen molar-refractivity contribution >= 4 is 29.3 Å². The third-order valence-corrected chi connectivity index (χ3v) is 5.79. The standard InChI is InChI=1S/C25H25ClFN3O5/c1-4-35-24(33)19(12-28-25(34)29-21-22(31)14(2)13-30(3)23(21)32)18-7-5-6-17(20(18)26)15-8-10-16(27)11-9-15/h5-11,13,19,31H,4,12H2,1-3H3,(H2,28,29,34). The van der Waals surface area contributed by atoms with Crippen molar-refractivity contribution in [2.45, 2.75) is 19.8 Å². The van der Waals surface area contributed by atoms with Gasteiger partial charge in [-0.25, -0.2) is 9.18 Å². The molecule has 0 bridgehead atoms. The van der Waals surface area contributed by atoms with Crippen LogP contribution in [0.3, 0.4) is 0 Å².